The Kier molecular flexibility index (Phi) is 4.98. The summed E-state index contributed by atoms with van der Waals surface area (Å²) in [5, 5.41) is 3.76. The largest absolute Gasteiger partial charge is 0.288 e. The normalized spacial score (nSPS) is 32.6. The SMILES string of the molecule is CCCN1CC[N@]2CCN(CCC)[P@@]1NC2. The maximum atomic E-state index is 3.76. The summed E-state index contributed by atoms with van der Waals surface area (Å²) >= 11 is 0. The van der Waals surface area contributed by atoms with E-state index in [0.717, 1.165) is 6.67 Å². The van der Waals surface area contributed by atoms with E-state index in [0.29, 0.717) is 0 Å². The van der Waals surface area contributed by atoms with Crippen molar-refractivity contribution in [2.75, 3.05) is 45.9 Å². The molecule has 0 aromatic rings. The van der Waals surface area contributed by atoms with Gasteiger partial charge in [-0.3, -0.25) is 19.3 Å². The maximum absolute atomic E-state index is 3.76. The van der Waals surface area contributed by atoms with Crippen molar-refractivity contribution >= 4 is 8.37 Å². The molecular weight excluding hydrogens is 219 g/mol. The molecule has 0 saturated carbocycles. The minimum Gasteiger partial charge on any atom is -0.288 e. The zero-order valence-corrected chi connectivity index (χ0v) is 11.5. The van der Waals surface area contributed by atoms with Crippen LogP contribution in [0, 0.1) is 0 Å². The van der Waals surface area contributed by atoms with Gasteiger partial charge in [-0.05, 0) is 12.8 Å². The molecule has 2 saturated heterocycles. The molecule has 0 aromatic heterocycles. The van der Waals surface area contributed by atoms with Crippen molar-refractivity contribution in [1.29, 1.82) is 0 Å². The van der Waals surface area contributed by atoms with E-state index in [4.69, 9.17) is 0 Å². The lowest BCUT2D eigenvalue weighted by atomic mass is 10.4. The van der Waals surface area contributed by atoms with Crippen molar-refractivity contribution in [2.45, 2.75) is 26.7 Å². The van der Waals surface area contributed by atoms with Crippen molar-refractivity contribution in [1.82, 2.24) is 19.3 Å². The van der Waals surface area contributed by atoms with Crippen LogP contribution in [0.25, 0.3) is 0 Å². The van der Waals surface area contributed by atoms with E-state index in [1.807, 2.05) is 0 Å². The molecule has 0 spiro atoms. The maximum Gasteiger partial charge on any atom is 0.118 e. The second-order valence-corrected chi connectivity index (χ2v) is 6.66. The van der Waals surface area contributed by atoms with Crippen LogP contribution >= 0.6 is 8.37 Å². The summed E-state index contributed by atoms with van der Waals surface area (Å²) in [7, 11) is -0.220. The van der Waals surface area contributed by atoms with Crippen LogP contribution in [0.5, 0.6) is 0 Å². The van der Waals surface area contributed by atoms with E-state index < -0.39 is 0 Å². The molecule has 0 unspecified atom stereocenters. The zero-order valence-electron chi connectivity index (χ0n) is 10.7. The number of fused-ring (bicyclic) bond motifs is 3. The van der Waals surface area contributed by atoms with E-state index in [1.165, 1.54) is 52.1 Å². The molecule has 4 nitrogen and oxygen atoms in total. The van der Waals surface area contributed by atoms with Crippen LogP contribution in [0.3, 0.4) is 0 Å². The lowest BCUT2D eigenvalue weighted by Gasteiger charge is -2.38. The molecule has 0 amide bonds. The highest BCUT2D eigenvalue weighted by Gasteiger charge is 2.31. The quantitative estimate of drug-likeness (QED) is 0.757. The molecule has 2 fully saturated rings. The van der Waals surface area contributed by atoms with Gasteiger partial charge in [0.2, 0.25) is 0 Å². The van der Waals surface area contributed by atoms with Crippen molar-refractivity contribution in [2.24, 2.45) is 0 Å². The van der Waals surface area contributed by atoms with E-state index in [1.54, 1.807) is 0 Å². The molecule has 2 heterocycles. The Hall–Kier alpha value is 0.270. The third-order valence-electron chi connectivity index (χ3n) is 3.28. The van der Waals surface area contributed by atoms with E-state index in [9.17, 15) is 0 Å². The topological polar surface area (TPSA) is 21.8 Å². The van der Waals surface area contributed by atoms with Gasteiger partial charge in [0.05, 0.1) is 6.67 Å². The van der Waals surface area contributed by atoms with Gasteiger partial charge in [-0.1, -0.05) is 13.8 Å². The molecule has 1 N–H and O–H groups in total. The second-order valence-electron chi connectivity index (χ2n) is 4.63. The fourth-order valence-electron chi connectivity index (χ4n) is 2.44. The third-order valence-corrected chi connectivity index (χ3v) is 5.58. The molecule has 2 rings (SSSR count). The minimum atomic E-state index is -0.220. The molecule has 2 aliphatic rings. The Bertz CT molecular complexity index is 196. The van der Waals surface area contributed by atoms with Crippen LogP contribution in [-0.4, -0.2) is 60.2 Å². The summed E-state index contributed by atoms with van der Waals surface area (Å²) in [6, 6.07) is 0. The van der Waals surface area contributed by atoms with Gasteiger partial charge in [-0.25, -0.2) is 0 Å². The number of nitrogens with zero attached hydrogens (tertiary/aromatic N) is 3. The van der Waals surface area contributed by atoms with Gasteiger partial charge in [0.1, 0.15) is 8.37 Å². The molecule has 94 valence electrons. The number of nitrogens with one attached hydrogen (secondary N) is 1. The Morgan fingerprint density at radius 1 is 0.938 bits per heavy atom. The predicted octanol–water partition coefficient (Wildman–Crippen LogP) is 1.51. The summed E-state index contributed by atoms with van der Waals surface area (Å²) < 4.78 is 5.34. The van der Waals surface area contributed by atoms with Crippen LogP contribution in [0.4, 0.5) is 0 Å². The molecule has 0 radical (unpaired) electrons. The smallest absolute Gasteiger partial charge is 0.118 e. The standard InChI is InChI=1S/C11H25N4P/c1-3-5-14-9-7-13-8-10-15(6-4-2)16(14)12-11-13/h12H,3-11H2,1-2H3. The molecule has 16 heavy (non-hydrogen) atoms. The average Bonchev–Trinajstić information content (AvgIpc) is 2.58. The highest BCUT2D eigenvalue weighted by molar-refractivity contribution is 7.50. The molecule has 0 aromatic carbocycles. The van der Waals surface area contributed by atoms with E-state index >= 15 is 0 Å². The molecule has 5 heteroatoms. The van der Waals surface area contributed by atoms with Crippen LogP contribution in [0.1, 0.15) is 26.7 Å². The molecule has 0 aliphatic carbocycles. The number of rotatable bonds is 4. The summed E-state index contributed by atoms with van der Waals surface area (Å²) in [6.07, 6.45) is 2.53. The lowest BCUT2D eigenvalue weighted by molar-refractivity contribution is 0.239. The molecule has 2 bridgehead atoms. The van der Waals surface area contributed by atoms with Gasteiger partial charge < -0.3 is 0 Å². The summed E-state index contributed by atoms with van der Waals surface area (Å²) in [4.78, 5) is 2.56. The Morgan fingerprint density at radius 3 is 2.00 bits per heavy atom. The average molecular weight is 244 g/mol. The van der Waals surface area contributed by atoms with E-state index in [-0.39, 0.29) is 8.37 Å². The molecular formula is C11H25N4P. The Labute approximate surface area is 101 Å². The molecule has 2 aliphatic heterocycles. The van der Waals surface area contributed by atoms with Gasteiger partial charge in [0.15, 0.2) is 0 Å². The molecule has 0 atom stereocenters. The third kappa shape index (κ3) is 2.93. The van der Waals surface area contributed by atoms with Gasteiger partial charge >= 0.3 is 0 Å². The minimum absolute atomic E-state index is 0.220. The van der Waals surface area contributed by atoms with Crippen LogP contribution in [0.2, 0.25) is 0 Å². The first-order chi connectivity index (χ1) is 7.85. The first kappa shape index (κ1) is 12.7. The van der Waals surface area contributed by atoms with Gasteiger partial charge in [-0.2, -0.15) is 0 Å². The van der Waals surface area contributed by atoms with Crippen molar-refractivity contribution in [3.8, 4) is 0 Å². The van der Waals surface area contributed by atoms with Gasteiger partial charge in [0, 0.05) is 39.3 Å². The van der Waals surface area contributed by atoms with Crippen LogP contribution < -0.4 is 5.09 Å². The van der Waals surface area contributed by atoms with Crippen molar-refractivity contribution in [3.05, 3.63) is 0 Å². The second kappa shape index (κ2) is 6.27. The highest BCUT2D eigenvalue weighted by atomic mass is 31.1. The number of hydrogen-bond acceptors (Lipinski definition) is 4. The highest BCUT2D eigenvalue weighted by Crippen LogP contribution is 2.42. The fourth-order valence-corrected chi connectivity index (χ4v) is 4.87. The first-order valence-electron chi connectivity index (χ1n) is 6.60. The summed E-state index contributed by atoms with van der Waals surface area (Å²) in [6.45, 7) is 13.1. The van der Waals surface area contributed by atoms with Gasteiger partial charge in [-0.15, -0.1) is 0 Å². The Balaban J connectivity index is 2.05. The zero-order chi connectivity index (χ0) is 11.4. The summed E-state index contributed by atoms with van der Waals surface area (Å²) in [5.41, 5.74) is 0. The fraction of sp³-hybridized carbons (Fsp3) is 1.00. The first-order valence-corrected chi connectivity index (χ1v) is 7.85. The monoisotopic (exact) mass is 244 g/mol. The number of hydrogen-bond donors (Lipinski definition) is 1. The predicted molar refractivity (Wildman–Crippen MR) is 70.2 cm³/mol. The van der Waals surface area contributed by atoms with Crippen LogP contribution in [-0.2, 0) is 0 Å². The Morgan fingerprint density at radius 2 is 1.50 bits per heavy atom. The van der Waals surface area contributed by atoms with Crippen LogP contribution in [0.15, 0.2) is 0 Å². The lowest BCUT2D eigenvalue weighted by Crippen LogP contribution is -2.39. The van der Waals surface area contributed by atoms with Gasteiger partial charge in [0.25, 0.3) is 0 Å². The van der Waals surface area contributed by atoms with Crippen molar-refractivity contribution in [3.63, 3.8) is 0 Å². The van der Waals surface area contributed by atoms with E-state index in [2.05, 4.69) is 33.2 Å². The summed E-state index contributed by atoms with van der Waals surface area (Å²) in [5.74, 6) is 0. The van der Waals surface area contributed by atoms with Crippen molar-refractivity contribution < 1.29 is 0 Å².